The van der Waals surface area contributed by atoms with Crippen LogP contribution in [0.25, 0.3) is 31.9 Å². The Labute approximate surface area is 776 Å². The van der Waals surface area contributed by atoms with Crippen molar-refractivity contribution in [3.63, 3.8) is 0 Å². The van der Waals surface area contributed by atoms with Gasteiger partial charge in [-0.1, -0.05) is 79.1 Å². The number of nitrogens with two attached hydrogens (primary N) is 5. The molecule has 15 heterocycles. The highest BCUT2D eigenvalue weighted by molar-refractivity contribution is 8.04. The van der Waals surface area contributed by atoms with Crippen molar-refractivity contribution < 1.29 is 135 Å². The molecule has 0 radical (unpaired) electrons. The normalized spacial score (nSPS) is 25.4. The monoisotopic (exact) mass is 1960 g/mol. The number of aliphatic hydroxyl groups is 6. The molecule has 5 fully saturated rings. The summed E-state index contributed by atoms with van der Waals surface area (Å²) in [6.07, 6.45) is -13.8. The Morgan fingerprint density at radius 2 is 0.909 bits per heavy atom. The largest absolute Gasteiger partial charge is 0.491 e. The number of esters is 5. The Kier molecular flexibility index (Phi) is 33.7. The predicted molar refractivity (Wildman–Crippen MR) is 475 cm³/mol. The molecule has 8 aromatic heterocycles. The molecular weight excluding hydrogens is 1860 g/mol. The molecule has 0 bridgehead atoms. The number of nitrogens with zero attached hydrogens (tertiary/aromatic N) is 15. The first-order valence-corrected chi connectivity index (χ1v) is 44.1. The Bertz CT molecular complexity index is 5840. The van der Waals surface area contributed by atoms with E-state index in [1.54, 1.807) is 43.4 Å². The summed E-state index contributed by atoms with van der Waals surface area (Å²) >= 11 is 15.6. The summed E-state index contributed by atoms with van der Waals surface area (Å²) in [5.41, 5.74) is 29.9. The molecule has 7 aliphatic heterocycles. The number of fused-ring (bicyclic) bond motifs is 5. The summed E-state index contributed by atoms with van der Waals surface area (Å²) in [7, 11) is 0. The van der Waals surface area contributed by atoms with Gasteiger partial charge in [-0.2, -0.15) is 39.9 Å². The third-order valence-corrected chi connectivity index (χ3v) is 23.7. The molecule has 0 spiro atoms. The minimum Gasteiger partial charge on any atom is -0.491 e. The van der Waals surface area contributed by atoms with Gasteiger partial charge < -0.3 is 140 Å². The fraction of sp³-hybridized carbons (Fsp3) is 0.506. The number of carbonyl (C=O) groups is 5. The van der Waals surface area contributed by atoms with Crippen molar-refractivity contribution in [1.29, 1.82) is 0 Å². The number of hydrogen-bond donors (Lipinski definition) is 11. The standard InChI is InChI=1S/C19H24N4O7S2.C17H20N4O7S.C17H22N4O6S.C13H18N4O5S.C11H14N4O4S/c1-6-26-16-14-15(21-18(20)22-16)23(19(31)32-14)17-13(28-8(2)3)12(29-10(5)25)11(30-17)7-27-9(4)24;1-7(2)25-13-12(26-9(4)23)11(6-24-8(3)22)27-15(13)21-14-10(28-17(21)29)5-19-16(18)20-14;1-5-24-14-12-13(19-16(18)20-14)21(17(23)28-12)15-11(26-8(2)3)6-10(27-15)7-25-9(4)22;1-3-21-11-9-10(15-13(14)16-11)17(5(2)23-9)12-8(20)7(19)6(4-18)22-12;1-4-15(9-6(20-4)2-13-11(12)14-9)10-8(18)7(17)5(3-16)19-10/h11-13,17H,2,6-7H2,1,3-5H3,(H2,20,21,22);5,11-13,15H,1,6H2,2-4H3,(H2,18,19,20);10-11,15H,2,5-7H2,1,3-4H3,(H2,18,19,20);6-8,12,18-20H,2-4H2,1H3,(H2,14,15,16);2,5,7-8,10,16-18H,1,3H2,(H2,12,13,14)/t11-,12-,13-,17-;11-,12-,13-,15-;10-,11+,15+;6-,7-,8-,12-;5-,7+,8-,10-/m11011/s1. The molecule has 132 heavy (non-hydrogen) atoms. The van der Waals surface area contributed by atoms with Crippen molar-refractivity contribution in [2.45, 2.75) is 209 Å². The number of thiazole rings is 2. The zero-order chi connectivity index (χ0) is 96.5. The molecule has 0 aliphatic carbocycles. The van der Waals surface area contributed by atoms with Gasteiger partial charge in [0, 0.05) is 47.2 Å². The SMILES string of the molecule is C=C(C)O[C@@H]1C[C@@H](COC(C)=O)O[C@H]1n1c(=O)sc2c(OCC)nc(N)nc21.C=C(C)O[C@@H]1[C@H](OC(C)=O)[C@@H](COC(C)=O)O[C@H]1n1c(=S)oc2cnc(N)nc21.C=C(C)O[C@@H]1[C@H](OC(C)=O)[C@@H](COC(C)=O)O[C@H]1n1c(=S)sc2c(OCC)nc(N)nc21.C=C1Sc2c(OCC)nc(N)nc2N1[C@@H]1O[C@H](CO)[C@@H](O)[C@H]1O.C=C1Sc2cnc(N)nc2N1[C@@H]1O[C@H](CO)[C@H](O)[C@H]1O. The first-order valence-electron chi connectivity index (χ1n) is 40.0. The molecule has 716 valence electrons. The third-order valence-electron chi connectivity index (χ3n) is 19.2. The highest BCUT2D eigenvalue weighted by atomic mass is 32.2. The van der Waals surface area contributed by atoms with Gasteiger partial charge >= 0.3 is 34.7 Å². The molecule has 7 aliphatic rings. The van der Waals surface area contributed by atoms with E-state index in [4.69, 9.17) is 138 Å². The quantitative estimate of drug-likeness (QED) is 0.0150. The number of ether oxygens (including phenoxy) is 16. The number of allylic oxidation sites excluding steroid dienone is 3. The lowest BCUT2D eigenvalue weighted by atomic mass is 10.1. The van der Waals surface area contributed by atoms with Crippen molar-refractivity contribution >= 4 is 174 Å². The maximum Gasteiger partial charge on any atom is 0.311 e. The molecule has 16 N–H and O–H groups in total. The highest BCUT2D eigenvalue weighted by Crippen LogP contribution is 2.52. The zero-order valence-electron chi connectivity index (χ0n) is 72.6. The van der Waals surface area contributed by atoms with Crippen molar-refractivity contribution in [1.82, 2.24) is 63.5 Å². The van der Waals surface area contributed by atoms with Crippen LogP contribution in [0.4, 0.5) is 41.4 Å². The van der Waals surface area contributed by atoms with Gasteiger partial charge in [0.15, 0.2) is 93.7 Å². The van der Waals surface area contributed by atoms with E-state index in [2.05, 4.69) is 82.7 Å². The summed E-state index contributed by atoms with van der Waals surface area (Å²) in [5.74, 6) is 0.479. The second-order valence-corrected chi connectivity index (χ2v) is 34.3. The second kappa shape index (κ2) is 44.0. The van der Waals surface area contributed by atoms with E-state index in [1.165, 1.54) is 89.7 Å². The summed E-state index contributed by atoms with van der Waals surface area (Å²) in [6.45, 7) is 36.0. The molecule has 0 amide bonds. The first-order chi connectivity index (χ1) is 62.6. The van der Waals surface area contributed by atoms with Crippen LogP contribution in [0.1, 0.15) is 101 Å². The molecule has 15 rings (SSSR count). The fourth-order valence-electron chi connectivity index (χ4n) is 14.2. The minimum atomic E-state index is -1.23. The lowest BCUT2D eigenvalue weighted by Gasteiger charge is -2.27. The van der Waals surface area contributed by atoms with Gasteiger partial charge in [0.05, 0.1) is 77.6 Å². The predicted octanol–water partition coefficient (Wildman–Crippen LogP) is 3.93. The van der Waals surface area contributed by atoms with Crippen LogP contribution in [-0.4, -0.2) is 275 Å². The Morgan fingerprint density at radius 3 is 1.40 bits per heavy atom. The molecule has 19 atom stereocenters. The number of aromatic nitrogens is 13. The summed E-state index contributed by atoms with van der Waals surface area (Å²) in [4.78, 5) is 115. The van der Waals surface area contributed by atoms with Gasteiger partial charge in [-0.3, -0.25) is 52.3 Å². The number of thioether (sulfide) groups is 2. The smallest absolute Gasteiger partial charge is 0.311 e. The average molecular weight is 1960 g/mol. The van der Waals surface area contributed by atoms with Gasteiger partial charge in [-0.15, -0.1) is 0 Å². The maximum absolute atomic E-state index is 12.8. The summed E-state index contributed by atoms with van der Waals surface area (Å²) in [5, 5.41) is 59.5. The molecule has 49 nitrogen and oxygen atoms in total. The number of hydrogen-bond acceptors (Lipinski definition) is 52. The number of aliphatic hydroxyl groups excluding tert-OH is 6. The number of carbonyl (C=O) groups excluding carboxylic acids is 5. The molecule has 55 heteroatoms. The van der Waals surface area contributed by atoms with Gasteiger partial charge in [-0.25, -0.2) is 9.97 Å². The molecule has 5 saturated heterocycles. The fourth-order valence-corrected chi connectivity index (χ4v) is 18.5. The maximum atomic E-state index is 12.8. The van der Waals surface area contributed by atoms with Crippen LogP contribution >= 0.6 is 70.6 Å². The number of oxazole rings is 1. The van der Waals surface area contributed by atoms with E-state index >= 15 is 0 Å². The van der Waals surface area contributed by atoms with E-state index in [1.807, 2.05) is 13.8 Å². The van der Waals surface area contributed by atoms with E-state index in [-0.39, 0.29) is 83.0 Å². The van der Waals surface area contributed by atoms with Gasteiger partial charge in [0.2, 0.25) is 47.4 Å². The van der Waals surface area contributed by atoms with Crippen molar-refractivity contribution in [3.05, 3.63) is 91.1 Å². The molecular formula is C77H98N20O29S6. The minimum absolute atomic E-state index is 0.00501. The lowest BCUT2D eigenvalue weighted by Crippen LogP contribution is -2.42. The Morgan fingerprint density at radius 1 is 0.477 bits per heavy atom. The van der Waals surface area contributed by atoms with E-state index in [9.17, 15) is 54.3 Å². The van der Waals surface area contributed by atoms with Crippen molar-refractivity contribution in [2.24, 2.45) is 0 Å². The second-order valence-electron chi connectivity index (χ2n) is 29.2. The topological polar surface area (TPSA) is 665 Å². The van der Waals surface area contributed by atoms with Crippen LogP contribution in [0.3, 0.4) is 0 Å². The van der Waals surface area contributed by atoms with E-state index < -0.39 is 153 Å². The van der Waals surface area contributed by atoms with Crippen LogP contribution in [0.2, 0.25) is 0 Å². The third kappa shape index (κ3) is 23.1. The van der Waals surface area contributed by atoms with Gasteiger partial charge in [0.25, 0.3) is 4.84 Å². The van der Waals surface area contributed by atoms with Gasteiger partial charge in [0.1, 0.15) is 89.1 Å². The molecule has 0 saturated carbocycles. The van der Waals surface area contributed by atoms with Crippen LogP contribution in [0.5, 0.6) is 17.6 Å². The van der Waals surface area contributed by atoms with E-state index in [0.29, 0.717) is 107 Å². The highest BCUT2D eigenvalue weighted by Gasteiger charge is 2.55. The lowest BCUT2D eigenvalue weighted by molar-refractivity contribution is -0.159. The van der Waals surface area contributed by atoms with Gasteiger partial charge in [-0.05, 0) is 66.0 Å². The summed E-state index contributed by atoms with van der Waals surface area (Å²) < 4.78 is 101. The molecule has 8 aromatic rings. The Balaban J connectivity index is 0.000000160. The van der Waals surface area contributed by atoms with Crippen LogP contribution in [0, 0.1) is 8.79 Å². The van der Waals surface area contributed by atoms with Crippen LogP contribution in [-0.2, 0) is 85.6 Å². The summed E-state index contributed by atoms with van der Waals surface area (Å²) in [6, 6.07) is 0. The van der Waals surface area contributed by atoms with Crippen molar-refractivity contribution in [3.8, 4) is 17.6 Å². The Hall–Kier alpha value is -11.4. The molecule has 0 aromatic carbocycles. The van der Waals surface area contributed by atoms with Crippen LogP contribution in [0.15, 0.2) is 91.6 Å². The number of nitrogen functional groups attached to an aromatic ring is 5. The first kappa shape index (κ1) is 101. The number of anilines is 7. The number of rotatable bonds is 27. The zero-order valence-corrected chi connectivity index (χ0v) is 77.5. The van der Waals surface area contributed by atoms with E-state index in [0.717, 1.165) is 16.2 Å². The average Bonchev–Trinajstić information content (AvgIpc) is 1.62. The van der Waals surface area contributed by atoms with Crippen molar-refractivity contribution in [2.75, 3.05) is 91.3 Å². The molecule has 0 unspecified atom stereocenters. The van der Waals surface area contributed by atoms with Crippen LogP contribution < -0.4 is 57.6 Å².